The van der Waals surface area contributed by atoms with Crippen molar-refractivity contribution in [3.8, 4) is 0 Å². The number of nitrogens with zero attached hydrogens (tertiary/aromatic N) is 1. The molecule has 1 heterocycles. The Bertz CT molecular complexity index is 270. The Morgan fingerprint density at radius 2 is 2.33 bits per heavy atom. The van der Waals surface area contributed by atoms with Crippen LogP contribution in [0.2, 0.25) is 0 Å². The van der Waals surface area contributed by atoms with Crippen molar-refractivity contribution in [1.82, 2.24) is 9.88 Å². The predicted molar refractivity (Wildman–Crippen MR) is 69.4 cm³/mol. The second-order valence-corrected chi connectivity index (χ2v) is 4.83. The van der Waals surface area contributed by atoms with E-state index in [4.69, 9.17) is 0 Å². The molecular weight excluding hydrogens is 204 g/mol. The van der Waals surface area contributed by atoms with Crippen LogP contribution in [0, 0.1) is 0 Å². The van der Waals surface area contributed by atoms with Crippen LogP contribution in [0.1, 0.15) is 26.0 Å². The summed E-state index contributed by atoms with van der Waals surface area (Å²) in [7, 11) is 0. The molecule has 1 unspecified atom stereocenters. The largest absolute Gasteiger partial charge is 0.351 e. The van der Waals surface area contributed by atoms with Crippen LogP contribution < -0.4 is 5.32 Å². The highest BCUT2D eigenvalue weighted by molar-refractivity contribution is 7.98. The molecule has 0 aliphatic rings. The lowest BCUT2D eigenvalue weighted by Gasteiger charge is -2.14. The first-order valence-electron chi connectivity index (χ1n) is 5.64. The lowest BCUT2D eigenvalue weighted by atomic mass is 10.2. The lowest BCUT2D eigenvalue weighted by molar-refractivity contribution is 0.520. The molecule has 0 saturated carbocycles. The maximum absolute atomic E-state index is 3.56. The second kappa shape index (κ2) is 6.96. The highest BCUT2D eigenvalue weighted by atomic mass is 32.2. The summed E-state index contributed by atoms with van der Waals surface area (Å²) >= 11 is 1.92. The molecule has 0 saturated heterocycles. The second-order valence-electron chi connectivity index (χ2n) is 3.85. The Kier molecular flexibility index (Phi) is 5.88. The van der Waals surface area contributed by atoms with E-state index in [0.717, 1.165) is 13.1 Å². The Morgan fingerprint density at radius 1 is 1.53 bits per heavy atom. The fourth-order valence-corrected chi connectivity index (χ4v) is 2.18. The maximum atomic E-state index is 3.56. The molecule has 86 valence electrons. The summed E-state index contributed by atoms with van der Waals surface area (Å²) in [6.45, 7) is 6.48. The van der Waals surface area contributed by atoms with Gasteiger partial charge >= 0.3 is 0 Å². The van der Waals surface area contributed by atoms with Gasteiger partial charge in [0.1, 0.15) is 0 Å². The van der Waals surface area contributed by atoms with E-state index in [1.807, 2.05) is 11.8 Å². The van der Waals surface area contributed by atoms with Gasteiger partial charge < -0.3 is 9.88 Å². The van der Waals surface area contributed by atoms with Gasteiger partial charge in [-0.05, 0) is 44.4 Å². The van der Waals surface area contributed by atoms with Crippen molar-refractivity contribution < 1.29 is 0 Å². The van der Waals surface area contributed by atoms with Gasteiger partial charge in [0.25, 0.3) is 0 Å². The zero-order valence-electron chi connectivity index (χ0n) is 9.99. The third-order valence-corrected chi connectivity index (χ3v) is 3.29. The van der Waals surface area contributed by atoms with Gasteiger partial charge in [-0.25, -0.2) is 0 Å². The summed E-state index contributed by atoms with van der Waals surface area (Å²) in [5.74, 6) is 1.24. The fraction of sp³-hybridized carbons (Fsp3) is 0.667. The van der Waals surface area contributed by atoms with Crippen LogP contribution in [-0.2, 0) is 13.1 Å². The Balaban J connectivity index is 2.30. The van der Waals surface area contributed by atoms with E-state index in [1.54, 1.807) is 0 Å². The number of aryl methyl sites for hydroxylation is 1. The first-order valence-corrected chi connectivity index (χ1v) is 7.03. The van der Waals surface area contributed by atoms with Gasteiger partial charge in [-0.2, -0.15) is 11.8 Å². The summed E-state index contributed by atoms with van der Waals surface area (Å²) in [5, 5.41) is 3.56. The summed E-state index contributed by atoms with van der Waals surface area (Å²) in [6, 6.07) is 4.92. The number of rotatable bonds is 7. The lowest BCUT2D eigenvalue weighted by Crippen LogP contribution is -2.27. The quantitative estimate of drug-likeness (QED) is 0.770. The van der Waals surface area contributed by atoms with Crippen LogP contribution in [0.25, 0.3) is 0 Å². The molecule has 0 aromatic carbocycles. The Morgan fingerprint density at radius 3 is 3.00 bits per heavy atom. The molecule has 1 N–H and O–H groups in total. The van der Waals surface area contributed by atoms with E-state index < -0.39 is 0 Å². The Labute approximate surface area is 97.4 Å². The molecule has 1 atom stereocenters. The minimum absolute atomic E-state index is 0.609. The summed E-state index contributed by atoms with van der Waals surface area (Å²) < 4.78 is 2.29. The molecule has 0 bridgehead atoms. The number of thioether (sulfide) groups is 1. The van der Waals surface area contributed by atoms with Crippen molar-refractivity contribution in [3.05, 3.63) is 24.0 Å². The van der Waals surface area contributed by atoms with Crippen LogP contribution in [-0.4, -0.2) is 22.6 Å². The van der Waals surface area contributed by atoms with Crippen molar-refractivity contribution >= 4 is 11.8 Å². The number of hydrogen-bond acceptors (Lipinski definition) is 2. The Hall–Kier alpha value is -0.410. The van der Waals surface area contributed by atoms with Gasteiger partial charge in [0.15, 0.2) is 0 Å². The monoisotopic (exact) mass is 226 g/mol. The maximum Gasteiger partial charge on any atom is 0.0361 e. The number of aromatic nitrogens is 1. The molecule has 0 spiro atoms. The minimum Gasteiger partial charge on any atom is -0.351 e. The first kappa shape index (κ1) is 12.7. The van der Waals surface area contributed by atoms with Crippen molar-refractivity contribution in [2.45, 2.75) is 39.4 Å². The SMILES string of the molecule is CCn1cccc1CNC(C)CCSC. The van der Waals surface area contributed by atoms with Crippen LogP contribution in [0.4, 0.5) is 0 Å². The van der Waals surface area contributed by atoms with Gasteiger partial charge in [-0.15, -0.1) is 0 Å². The third kappa shape index (κ3) is 4.31. The highest BCUT2D eigenvalue weighted by Gasteiger charge is 2.03. The smallest absolute Gasteiger partial charge is 0.0361 e. The van der Waals surface area contributed by atoms with E-state index in [0.29, 0.717) is 6.04 Å². The van der Waals surface area contributed by atoms with Gasteiger partial charge in [0.05, 0.1) is 0 Å². The molecular formula is C12H22N2S. The van der Waals surface area contributed by atoms with Crippen LogP contribution in [0.3, 0.4) is 0 Å². The summed E-state index contributed by atoms with van der Waals surface area (Å²) in [4.78, 5) is 0. The van der Waals surface area contributed by atoms with E-state index in [9.17, 15) is 0 Å². The van der Waals surface area contributed by atoms with Gasteiger partial charge in [-0.3, -0.25) is 0 Å². The fourth-order valence-electron chi connectivity index (χ4n) is 1.59. The third-order valence-electron chi connectivity index (χ3n) is 2.65. The molecule has 1 rings (SSSR count). The highest BCUT2D eigenvalue weighted by Crippen LogP contribution is 2.04. The molecule has 0 amide bonds. The minimum atomic E-state index is 0.609. The average molecular weight is 226 g/mol. The van der Waals surface area contributed by atoms with Gasteiger partial charge in [-0.1, -0.05) is 0 Å². The summed E-state index contributed by atoms with van der Waals surface area (Å²) in [5.41, 5.74) is 1.38. The normalized spacial score (nSPS) is 13.0. The molecule has 1 aromatic heterocycles. The van der Waals surface area contributed by atoms with Crippen molar-refractivity contribution in [3.63, 3.8) is 0 Å². The van der Waals surface area contributed by atoms with Crippen LogP contribution in [0.5, 0.6) is 0 Å². The zero-order valence-corrected chi connectivity index (χ0v) is 10.8. The number of nitrogens with one attached hydrogen (secondary N) is 1. The standard InChI is InChI=1S/C12H22N2S/c1-4-14-8-5-6-12(14)10-13-11(2)7-9-15-3/h5-6,8,11,13H,4,7,9-10H2,1-3H3. The molecule has 15 heavy (non-hydrogen) atoms. The number of hydrogen-bond donors (Lipinski definition) is 1. The van der Waals surface area contributed by atoms with Crippen molar-refractivity contribution in [1.29, 1.82) is 0 Å². The zero-order chi connectivity index (χ0) is 11.1. The average Bonchev–Trinajstić information content (AvgIpc) is 2.70. The first-order chi connectivity index (χ1) is 7.27. The van der Waals surface area contributed by atoms with E-state index in [2.05, 4.69) is 48.3 Å². The van der Waals surface area contributed by atoms with Crippen LogP contribution >= 0.6 is 11.8 Å². The van der Waals surface area contributed by atoms with E-state index in [1.165, 1.54) is 17.9 Å². The molecule has 0 radical (unpaired) electrons. The molecule has 0 fully saturated rings. The molecule has 2 nitrogen and oxygen atoms in total. The molecule has 3 heteroatoms. The molecule has 0 aliphatic heterocycles. The van der Waals surface area contributed by atoms with Crippen molar-refractivity contribution in [2.24, 2.45) is 0 Å². The topological polar surface area (TPSA) is 17.0 Å². The predicted octanol–water partition coefficient (Wildman–Crippen LogP) is 2.74. The van der Waals surface area contributed by atoms with Crippen molar-refractivity contribution in [2.75, 3.05) is 12.0 Å². The van der Waals surface area contributed by atoms with E-state index >= 15 is 0 Å². The molecule has 1 aromatic rings. The van der Waals surface area contributed by atoms with Gasteiger partial charge in [0, 0.05) is 31.0 Å². The van der Waals surface area contributed by atoms with Gasteiger partial charge in [0.2, 0.25) is 0 Å². The molecule has 0 aliphatic carbocycles. The van der Waals surface area contributed by atoms with Crippen LogP contribution in [0.15, 0.2) is 18.3 Å². The summed E-state index contributed by atoms with van der Waals surface area (Å²) in [6.07, 6.45) is 5.55. The van der Waals surface area contributed by atoms with E-state index in [-0.39, 0.29) is 0 Å².